The Bertz CT molecular complexity index is 464. The van der Waals surface area contributed by atoms with E-state index in [-0.39, 0.29) is 5.91 Å². The summed E-state index contributed by atoms with van der Waals surface area (Å²) in [5, 5.41) is 3.02. The number of nitrogen functional groups attached to an aromatic ring is 1. The van der Waals surface area contributed by atoms with Crippen molar-refractivity contribution in [3.05, 3.63) is 23.5 Å². The Labute approximate surface area is 108 Å². The zero-order valence-corrected chi connectivity index (χ0v) is 11.3. The molecule has 2 rings (SSSR count). The Morgan fingerprint density at radius 3 is 2.78 bits per heavy atom. The van der Waals surface area contributed by atoms with Gasteiger partial charge >= 0.3 is 0 Å². The third kappa shape index (κ3) is 2.47. The summed E-state index contributed by atoms with van der Waals surface area (Å²) in [4.78, 5) is 16.2. The molecule has 18 heavy (non-hydrogen) atoms. The first-order chi connectivity index (χ1) is 8.44. The monoisotopic (exact) mass is 247 g/mol. The van der Waals surface area contributed by atoms with Gasteiger partial charge in [0.15, 0.2) is 0 Å². The second-order valence-corrected chi connectivity index (χ2v) is 5.60. The van der Waals surface area contributed by atoms with E-state index in [1.807, 2.05) is 6.92 Å². The molecule has 1 aliphatic rings. The zero-order chi connectivity index (χ0) is 13.3. The predicted octanol–water partition coefficient (Wildman–Crippen LogP) is 2.14. The third-order valence-electron chi connectivity index (χ3n) is 4.07. The highest BCUT2D eigenvalue weighted by molar-refractivity contribution is 5.95. The summed E-state index contributed by atoms with van der Waals surface area (Å²) in [7, 11) is 0. The highest BCUT2D eigenvalue weighted by Gasteiger charge is 2.45. The zero-order valence-electron chi connectivity index (χ0n) is 11.3. The molecule has 1 aliphatic carbocycles. The number of carbonyl (C=O) groups excluding carboxylic acids is 1. The van der Waals surface area contributed by atoms with Crippen molar-refractivity contribution in [2.45, 2.75) is 33.6 Å². The van der Waals surface area contributed by atoms with Crippen molar-refractivity contribution in [1.29, 1.82) is 0 Å². The minimum absolute atomic E-state index is 0.0702. The van der Waals surface area contributed by atoms with E-state index in [4.69, 9.17) is 5.73 Å². The Kier molecular flexibility index (Phi) is 3.28. The van der Waals surface area contributed by atoms with Gasteiger partial charge in [-0.2, -0.15) is 0 Å². The number of nitrogens with one attached hydrogen (secondary N) is 1. The van der Waals surface area contributed by atoms with E-state index in [0.717, 1.165) is 12.2 Å². The maximum Gasteiger partial charge on any atom is 0.253 e. The van der Waals surface area contributed by atoms with E-state index in [9.17, 15) is 4.79 Å². The van der Waals surface area contributed by atoms with Crippen molar-refractivity contribution in [2.75, 3.05) is 12.3 Å². The van der Waals surface area contributed by atoms with Crippen molar-refractivity contribution in [3.63, 3.8) is 0 Å². The van der Waals surface area contributed by atoms with Gasteiger partial charge in [-0.1, -0.05) is 13.8 Å². The number of nitrogens with zero attached hydrogens (tertiary/aromatic N) is 1. The summed E-state index contributed by atoms with van der Waals surface area (Å²) in [5.74, 6) is 0.539. The minimum atomic E-state index is -0.0702. The number of hydrogen-bond donors (Lipinski definition) is 2. The topological polar surface area (TPSA) is 68.0 Å². The van der Waals surface area contributed by atoms with Crippen LogP contribution in [0, 0.1) is 18.3 Å². The molecule has 1 amide bonds. The highest BCUT2D eigenvalue weighted by atomic mass is 16.1. The minimum Gasteiger partial charge on any atom is -0.397 e. The largest absolute Gasteiger partial charge is 0.397 e. The first-order valence-corrected chi connectivity index (χ1v) is 6.45. The van der Waals surface area contributed by atoms with Crippen LogP contribution in [0.15, 0.2) is 12.3 Å². The Hall–Kier alpha value is -1.58. The molecule has 0 atom stereocenters. The van der Waals surface area contributed by atoms with Crippen LogP contribution in [-0.4, -0.2) is 17.4 Å². The third-order valence-corrected chi connectivity index (χ3v) is 4.07. The second kappa shape index (κ2) is 4.59. The number of aromatic nitrogens is 1. The number of aryl methyl sites for hydroxylation is 1. The van der Waals surface area contributed by atoms with E-state index >= 15 is 0 Å². The lowest BCUT2D eigenvalue weighted by Gasteiger charge is -2.20. The predicted molar refractivity (Wildman–Crippen MR) is 72.2 cm³/mol. The molecule has 0 spiro atoms. The van der Waals surface area contributed by atoms with E-state index in [2.05, 4.69) is 24.1 Å². The molecule has 1 aromatic heterocycles. The number of hydrogen-bond acceptors (Lipinski definition) is 3. The van der Waals surface area contributed by atoms with Crippen molar-refractivity contribution in [1.82, 2.24) is 10.3 Å². The molecule has 0 unspecified atom stereocenters. The summed E-state index contributed by atoms with van der Waals surface area (Å²) in [5.41, 5.74) is 7.80. The van der Waals surface area contributed by atoms with Crippen LogP contribution in [0.2, 0.25) is 0 Å². The molecule has 4 nitrogen and oxygen atoms in total. The van der Waals surface area contributed by atoms with Gasteiger partial charge in [0.25, 0.3) is 5.91 Å². The lowest BCUT2D eigenvalue weighted by Crippen LogP contribution is -2.33. The molecule has 4 heteroatoms. The smallest absolute Gasteiger partial charge is 0.253 e. The molecule has 1 fully saturated rings. The van der Waals surface area contributed by atoms with Crippen LogP contribution < -0.4 is 11.1 Å². The van der Waals surface area contributed by atoms with Crippen LogP contribution in [0.4, 0.5) is 5.69 Å². The number of carbonyl (C=O) groups is 1. The van der Waals surface area contributed by atoms with Gasteiger partial charge in [0.2, 0.25) is 0 Å². The highest BCUT2D eigenvalue weighted by Crippen LogP contribution is 2.51. The van der Waals surface area contributed by atoms with E-state index in [1.165, 1.54) is 12.8 Å². The van der Waals surface area contributed by atoms with Crippen molar-refractivity contribution < 1.29 is 4.79 Å². The first kappa shape index (κ1) is 12.9. The van der Waals surface area contributed by atoms with Crippen molar-refractivity contribution >= 4 is 11.6 Å². The standard InChI is InChI=1S/C14H21N3O/c1-9(2)14(4-5-14)8-17-13(18)12-6-11(15)7-16-10(12)3/h6-7,9H,4-5,8,15H2,1-3H3,(H,17,18). The van der Waals surface area contributed by atoms with Crippen molar-refractivity contribution in [3.8, 4) is 0 Å². The van der Waals surface area contributed by atoms with Crippen LogP contribution in [-0.2, 0) is 0 Å². The molecule has 3 N–H and O–H groups in total. The van der Waals surface area contributed by atoms with Gasteiger partial charge in [-0.05, 0) is 37.2 Å². The summed E-state index contributed by atoms with van der Waals surface area (Å²) >= 11 is 0. The summed E-state index contributed by atoms with van der Waals surface area (Å²) in [6, 6.07) is 1.69. The summed E-state index contributed by atoms with van der Waals surface area (Å²) in [6.07, 6.45) is 3.99. The molecule has 1 heterocycles. The van der Waals surface area contributed by atoms with Crippen LogP contribution in [0.25, 0.3) is 0 Å². The normalized spacial score (nSPS) is 16.7. The second-order valence-electron chi connectivity index (χ2n) is 5.60. The molecule has 1 aromatic rings. The van der Waals surface area contributed by atoms with Gasteiger partial charge in [0.05, 0.1) is 23.1 Å². The Morgan fingerprint density at radius 1 is 1.56 bits per heavy atom. The molecule has 1 saturated carbocycles. The van der Waals surface area contributed by atoms with E-state index < -0.39 is 0 Å². The molecular weight excluding hydrogens is 226 g/mol. The van der Waals surface area contributed by atoms with Crippen molar-refractivity contribution in [2.24, 2.45) is 11.3 Å². The van der Waals surface area contributed by atoms with E-state index in [1.54, 1.807) is 12.3 Å². The first-order valence-electron chi connectivity index (χ1n) is 6.45. The molecule has 98 valence electrons. The number of anilines is 1. The SMILES string of the molecule is Cc1ncc(N)cc1C(=O)NCC1(C(C)C)CC1. The van der Waals surface area contributed by atoms with Crippen LogP contribution in [0.3, 0.4) is 0 Å². The quantitative estimate of drug-likeness (QED) is 0.856. The molecule has 0 aliphatic heterocycles. The lowest BCUT2D eigenvalue weighted by molar-refractivity contribution is 0.0939. The molecule has 0 saturated heterocycles. The Morgan fingerprint density at radius 2 is 2.22 bits per heavy atom. The fourth-order valence-corrected chi connectivity index (χ4v) is 2.25. The molecule has 0 bridgehead atoms. The fraction of sp³-hybridized carbons (Fsp3) is 0.571. The lowest BCUT2D eigenvalue weighted by atomic mass is 9.92. The van der Waals surface area contributed by atoms with Gasteiger partial charge in [0, 0.05) is 6.54 Å². The maximum atomic E-state index is 12.1. The Balaban J connectivity index is 2.02. The summed E-state index contributed by atoms with van der Waals surface area (Å²) in [6.45, 7) is 7.00. The van der Waals surface area contributed by atoms with Gasteiger partial charge < -0.3 is 11.1 Å². The molecule has 0 aromatic carbocycles. The number of nitrogens with two attached hydrogens (primary N) is 1. The molecule has 0 radical (unpaired) electrons. The number of pyridine rings is 1. The van der Waals surface area contributed by atoms with Gasteiger partial charge in [-0.3, -0.25) is 9.78 Å². The van der Waals surface area contributed by atoms with E-state index in [0.29, 0.717) is 22.6 Å². The van der Waals surface area contributed by atoms with Crippen LogP contribution in [0.5, 0.6) is 0 Å². The average Bonchev–Trinajstić information content (AvgIpc) is 3.10. The van der Waals surface area contributed by atoms with Gasteiger partial charge in [0.1, 0.15) is 0 Å². The van der Waals surface area contributed by atoms with Crippen LogP contribution >= 0.6 is 0 Å². The van der Waals surface area contributed by atoms with Gasteiger partial charge in [-0.15, -0.1) is 0 Å². The maximum absolute atomic E-state index is 12.1. The number of amides is 1. The van der Waals surface area contributed by atoms with Gasteiger partial charge in [-0.25, -0.2) is 0 Å². The fourth-order valence-electron chi connectivity index (χ4n) is 2.25. The molecular formula is C14H21N3O. The summed E-state index contributed by atoms with van der Waals surface area (Å²) < 4.78 is 0. The number of rotatable bonds is 4. The average molecular weight is 247 g/mol. The van der Waals surface area contributed by atoms with Crippen LogP contribution in [0.1, 0.15) is 42.7 Å².